The van der Waals surface area contributed by atoms with E-state index in [0.717, 1.165) is 23.4 Å². The Morgan fingerprint density at radius 3 is 2.69 bits per heavy atom. The van der Waals surface area contributed by atoms with Gasteiger partial charge in [-0.1, -0.05) is 24.3 Å². The van der Waals surface area contributed by atoms with Crippen LogP contribution in [0.5, 0.6) is 0 Å². The van der Waals surface area contributed by atoms with Crippen LogP contribution in [-0.4, -0.2) is 58.2 Å². The van der Waals surface area contributed by atoms with Gasteiger partial charge in [-0.3, -0.25) is 4.79 Å². The van der Waals surface area contributed by atoms with Gasteiger partial charge in [-0.15, -0.1) is 16.4 Å². The Morgan fingerprint density at radius 2 is 1.93 bits per heavy atom. The molecule has 1 aromatic carbocycles. The number of carbonyl (C=O) groups excluding carboxylic acids is 1. The highest BCUT2D eigenvalue weighted by Gasteiger charge is 2.34. The van der Waals surface area contributed by atoms with Crippen molar-refractivity contribution in [1.29, 1.82) is 0 Å². The fraction of sp³-hybridized carbons (Fsp3) is 0.381. The molecule has 5 rings (SSSR count). The second-order valence-electron chi connectivity index (χ2n) is 7.25. The average molecular weight is 410 g/mol. The molecule has 0 radical (unpaired) electrons. The first kappa shape index (κ1) is 18.5. The monoisotopic (exact) mass is 410 g/mol. The molecule has 0 N–H and O–H groups in total. The summed E-state index contributed by atoms with van der Waals surface area (Å²) in [5.74, 6) is 0.972. The maximum atomic E-state index is 13.2. The number of ether oxygens (including phenoxy) is 2. The van der Waals surface area contributed by atoms with E-state index in [1.54, 1.807) is 16.0 Å². The third-order valence-corrected chi connectivity index (χ3v) is 6.18. The summed E-state index contributed by atoms with van der Waals surface area (Å²) in [5.41, 5.74) is 0.881. The van der Waals surface area contributed by atoms with Gasteiger partial charge in [0.1, 0.15) is 0 Å². The minimum atomic E-state index is -0.206. The Hall–Kier alpha value is -2.55. The van der Waals surface area contributed by atoms with Crippen LogP contribution in [0.15, 0.2) is 47.8 Å². The fourth-order valence-corrected chi connectivity index (χ4v) is 4.62. The van der Waals surface area contributed by atoms with Gasteiger partial charge in [0.15, 0.2) is 12.1 Å². The van der Waals surface area contributed by atoms with Crippen molar-refractivity contribution in [2.75, 3.05) is 26.3 Å². The number of hydrogen-bond acceptors (Lipinski definition) is 6. The number of aromatic nitrogens is 3. The van der Waals surface area contributed by atoms with E-state index in [4.69, 9.17) is 9.47 Å². The standard InChI is InChI=1S/C21H22N4O3S/c26-20(24-10-4-6-15(14-24)21-27-11-12-28-21)18-22-19(17-9-5-13-29-17)25(23-18)16-7-2-1-3-8-16/h1-3,5,7-9,13,15,21H,4,6,10-12,14H2. The number of benzene rings is 1. The molecule has 2 aromatic heterocycles. The Labute approximate surface area is 172 Å². The van der Waals surface area contributed by atoms with E-state index < -0.39 is 0 Å². The molecule has 2 aliphatic heterocycles. The second-order valence-corrected chi connectivity index (χ2v) is 8.19. The van der Waals surface area contributed by atoms with Crippen LogP contribution >= 0.6 is 11.3 Å². The van der Waals surface area contributed by atoms with E-state index in [2.05, 4.69) is 10.1 Å². The molecular formula is C21H22N4O3S. The van der Waals surface area contributed by atoms with Crippen molar-refractivity contribution in [2.24, 2.45) is 5.92 Å². The molecule has 8 heteroatoms. The van der Waals surface area contributed by atoms with Crippen LogP contribution in [-0.2, 0) is 9.47 Å². The topological polar surface area (TPSA) is 69.5 Å². The van der Waals surface area contributed by atoms with Crippen molar-refractivity contribution in [3.8, 4) is 16.4 Å². The summed E-state index contributed by atoms with van der Waals surface area (Å²) < 4.78 is 13.1. The van der Waals surface area contributed by atoms with Crippen LogP contribution in [0, 0.1) is 5.92 Å². The SMILES string of the molecule is O=C(c1nc(-c2cccs2)n(-c2ccccc2)n1)N1CCCC(C2OCCO2)C1. The van der Waals surface area contributed by atoms with E-state index in [1.165, 1.54) is 0 Å². The van der Waals surface area contributed by atoms with E-state index in [0.29, 0.717) is 32.1 Å². The predicted octanol–water partition coefficient (Wildman–Crippen LogP) is 3.22. The van der Waals surface area contributed by atoms with Gasteiger partial charge in [0.2, 0.25) is 5.82 Å². The molecule has 29 heavy (non-hydrogen) atoms. The Balaban J connectivity index is 1.44. The molecular weight excluding hydrogens is 388 g/mol. The number of likely N-dealkylation sites (tertiary alicyclic amines) is 1. The molecule has 0 aliphatic carbocycles. The molecule has 0 spiro atoms. The summed E-state index contributed by atoms with van der Waals surface area (Å²) in [6, 6.07) is 13.8. The van der Waals surface area contributed by atoms with Crippen molar-refractivity contribution < 1.29 is 14.3 Å². The number of thiophene rings is 1. The third kappa shape index (κ3) is 3.71. The van der Waals surface area contributed by atoms with Crippen LogP contribution in [0.3, 0.4) is 0 Å². The van der Waals surface area contributed by atoms with Gasteiger partial charge in [0, 0.05) is 19.0 Å². The van der Waals surface area contributed by atoms with Crippen LogP contribution in [0.4, 0.5) is 0 Å². The normalized spacial score (nSPS) is 20.3. The van der Waals surface area contributed by atoms with E-state index >= 15 is 0 Å². The van der Waals surface area contributed by atoms with Gasteiger partial charge in [0.05, 0.1) is 23.8 Å². The molecule has 2 aliphatic rings. The van der Waals surface area contributed by atoms with Gasteiger partial charge in [0.25, 0.3) is 5.91 Å². The summed E-state index contributed by atoms with van der Waals surface area (Å²) in [4.78, 5) is 20.7. The Morgan fingerprint density at radius 1 is 1.10 bits per heavy atom. The smallest absolute Gasteiger partial charge is 0.293 e. The van der Waals surface area contributed by atoms with Crippen molar-refractivity contribution in [2.45, 2.75) is 19.1 Å². The van der Waals surface area contributed by atoms with Crippen LogP contribution in [0.2, 0.25) is 0 Å². The summed E-state index contributed by atoms with van der Waals surface area (Å²) in [6.45, 7) is 2.57. The fourth-order valence-electron chi connectivity index (χ4n) is 3.92. The van der Waals surface area contributed by atoms with E-state index in [9.17, 15) is 4.79 Å². The average Bonchev–Trinajstić information content (AvgIpc) is 3.55. The molecule has 0 saturated carbocycles. The lowest BCUT2D eigenvalue weighted by atomic mass is 9.97. The van der Waals surface area contributed by atoms with Gasteiger partial charge >= 0.3 is 0 Å². The number of piperidine rings is 1. The summed E-state index contributed by atoms with van der Waals surface area (Å²) in [6.07, 6.45) is 1.72. The Bertz CT molecular complexity index is 967. The zero-order chi connectivity index (χ0) is 19.6. The van der Waals surface area contributed by atoms with Crippen molar-refractivity contribution in [3.63, 3.8) is 0 Å². The molecule has 1 atom stereocenters. The summed E-state index contributed by atoms with van der Waals surface area (Å²) in [7, 11) is 0. The maximum Gasteiger partial charge on any atom is 0.293 e. The number of rotatable bonds is 4. The zero-order valence-corrected chi connectivity index (χ0v) is 16.8. The maximum absolute atomic E-state index is 13.2. The highest BCUT2D eigenvalue weighted by molar-refractivity contribution is 7.13. The van der Waals surface area contributed by atoms with Gasteiger partial charge in [-0.25, -0.2) is 9.67 Å². The lowest BCUT2D eigenvalue weighted by Gasteiger charge is -2.34. The van der Waals surface area contributed by atoms with Gasteiger partial charge in [-0.05, 0) is 36.4 Å². The molecule has 7 nitrogen and oxygen atoms in total. The number of amides is 1. The minimum absolute atomic E-state index is 0.139. The minimum Gasteiger partial charge on any atom is -0.350 e. The quantitative estimate of drug-likeness (QED) is 0.661. The van der Waals surface area contributed by atoms with Crippen molar-refractivity contribution >= 4 is 17.2 Å². The first-order chi connectivity index (χ1) is 14.3. The largest absolute Gasteiger partial charge is 0.350 e. The highest BCUT2D eigenvalue weighted by atomic mass is 32.1. The van der Waals surface area contributed by atoms with Crippen molar-refractivity contribution in [1.82, 2.24) is 19.7 Å². The van der Waals surface area contributed by atoms with E-state index in [1.807, 2.05) is 52.7 Å². The molecule has 3 aromatic rings. The summed E-state index contributed by atoms with van der Waals surface area (Å²) >= 11 is 1.58. The Kier molecular flexibility index (Phi) is 5.13. The van der Waals surface area contributed by atoms with Crippen LogP contribution in [0.25, 0.3) is 16.4 Å². The highest BCUT2D eigenvalue weighted by Crippen LogP contribution is 2.28. The number of nitrogens with zero attached hydrogens (tertiary/aromatic N) is 4. The molecule has 1 unspecified atom stereocenters. The molecule has 150 valence electrons. The molecule has 4 heterocycles. The molecule has 2 fully saturated rings. The van der Waals surface area contributed by atoms with Crippen LogP contribution in [0.1, 0.15) is 23.5 Å². The number of hydrogen-bond donors (Lipinski definition) is 0. The lowest BCUT2D eigenvalue weighted by Crippen LogP contribution is -2.44. The molecule has 1 amide bonds. The summed E-state index contributed by atoms with van der Waals surface area (Å²) in [5, 5.41) is 6.59. The van der Waals surface area contributed by atoms with Gasteiger partial charge < -0.3 is 14.4 Å². The lowest BCUT2D eigenvalue weighted by molar-refractivity contribution is -0.0969. The predicted molar refractivity (Wildman–Crippen MR) is 109 cm³/mol. The second kappa shape index (κ2) is 8.06. The zero-order valence-electron chi connectivity index (χ0n) is 15.9. The molecule has 0 bridgehead atoms. The van der Waals surface area contributed by atoms with E-state index in [-0.39, 0.29) is 23.9 Å². The number of para-hydroxylation sites is 1. The van der Waals surface area contributed by atoms with Crippen molar-refractivity contribution in [3.05, 3.63) is 53.7 Å². The molecule has 2 saturated heterocycles. The van der Waals surface area contributed by atoms with Crippen LogP contribution < -0.4 is 0 Å². The van der Waals surface area contributed by atoms with Gasteiger partial charge in [-0.2, -0.15) is 0 Å². The first-order valence-electron chi connectivity index (χ1n) is 9.88. The number of carbonyl (C=O) groups is 1. The third-order valence-electron chi connectivity index (χ3n) is 5.32. The first-order valence-corrected chi connectivity index (χ1v) is 10.8.